The third-order valence-electron chi connectivity index (χ3n) is 2.86. The number of halogens is 1. The first-order valence-corrected chi connectivity index (χ1v) is 8.03. The summed E-state index contributed by atoms with van der Waals surface area (Å²) in [5.41, 5.74) is 0.583. The quantitative estimate of drug-likeness (QED) is 0.797. The molecule has 8 heteroatoms. The number of benzene rings is 1. The van der Waals surface area contributed by atoms with E-state index in [4.69, 9.17) is 21.4 Å². The number of carbonyl (C=O) groups excluding carboxylic acids is 1. The lowest BCUT2D eigenvalue weighted by molar-refractivity contribution is -0.141. The van der Waals surface area contributed by atoms with Gasteiger partial charge in [-0.3, -0.25) is 9.59 Å². The molecule has 0 bridgehead atoms. The van der Waals surface area contributed by atoms with Gasteiger partial charge in [-0.25, -0.2) is 4.98 Å². The third-order valence-corrected chi connectivity index (χ3v) is 3.99. The van der Waals surface area contributed by atoms with Gasteiger partial charge >= 0.3 is 5.97 Å². The van der Waals surface area contributed by atoms with Crippen LogP contribution in [0.2, 0.25) is 5.02 Å². The molecule has 122 valence electrons. The summed E-state index contributed by atoms with van der Waals surface area (Å²) in [6.07, 6.45) is 0.0368. The largest absolute Gasteiger partial charge is 0.486 e. The van der Waals surface area contributed by atoms with E-state index in [1.54, 1.807) is 29.6 Å². The summed E-state index contributed by atoms with van der Waals surface area (Å²) in [7, 11) is 0. The molecule has 1 aromatic heterocycles. The van der Waals surface area contributed by atoms with Gasteiger partial charge in [0.1, 0.15) is 23.4 Å². The van der Waals surface area contributed by atoms with E-state index in [-0.39, 0.29) is 12.3 Å². The highest BCUT2D eigenvalue weighted by molar-refractivity contribution is 7.09. The number of aromatic nitrogens is 1. The number of thiazole rings is 1. The predicted octanol–water partition coefficient (Wildman–Crippen LogP) is 2.51. The highest BCUT2D eigenvalue weighted by Gasteiger charge is 2.15. The van der Waals surface area contributed by atoms with Gasteiger partial charge in [0.15, 0.2) is 0 Å². The van der Waals surface area contributed by atoms with Gasteiger partial charge in [0, 0.05) is 10.4 Å². The zero-order valence-corrected chi connectivity index (χ0v) is 13.9. The van der Waals surface area contributed by atoms with E-state index in [1.165, 1.54) is 18.3 Å². The van der Waals surface area contributed by atoms with Crippen molar-refractivity contribution in [2.24, 2.45) is 0 Å². The third kappa shape index (κ3) is 5.54. The van der Waals surface area contributed by atoms with Gasteiger partial charge in [-0.1, -0.05) is 11.6 Å². The molecule has 2 aromatic rings. The minimum atomic E-state index is -1.08. The molecule has 1 atom stereocenters. The minimum Gasteiger partial charge on any atom is -0.486 e. The van der Waals surface area contributed by atoms with Crippen molar-refractivity contribution < 1.29 is 19.4 Å². The van der Waals surface area contributed by atoms with Crippen LogP contribution in [0, 0.1) is 0 Å². The lowest BCUT2D eigenvalue weighted by atomic mass is 10.3. The first-order chi connectivity index (χ1) is 10.9. The molecule has 1 amide bonds. The van der Waals surface area contributed by atoms with Gasteiger partial charge in [-0.15, -0.1) is 11.3 Å². The van der Waals surface area contributed by atoms with Gasteiger partial charge in [0.2, 0.25) is 5.91 Å². The van der Waals surface area contributed by atoms with Crippen molar-refractivity contribution in [1.29, 1.82) is 0 Å². The van der Waals surface area contributed by atoms with Crippen molar-refractivity contribution in [2.75, 3.05) is 0 Å². The lowest BCUT2D eigenvalue weighted by Gasteiger charge is -2.07. The van der Waals surface area contributed by atoms with Crippen LogP contribution in [0.1, 0.15) is 17.6 Å². The van der Waals surface area contributed by atoms with Crippen molar-refractivity contribution in [2.45, 2.75) is 26.0 Å². The Labute approximate surface area is 142 Å². The topological polar surface area (TPSA) is 88.5 Å². The molecular formula is C15H15ClN2O4S. The Morgan fingerprint density at radius 1 is 1.39 bits per heavy atom. The van der Waals surface area contributed by atoms with E-state index in [0.29, 0.717) is 23.1 Å². The van der Waals surface area contributed by atoms with Crippen LogP contribution in [0.25, 0.3) is 0 Å². The average Bonchev–Trinajstić information content (AvgIpc) is 2.93. The summed E-state index contributed by atoms with van der Waals surface area (Å²) in [5, 5.41) is 14.2. The number of hydrogen-bond donors (Lipinski definition) is 2. The molecule has 0 aliphatic heterocycles. The summed E-state index contributed by atoms with van der Waals surface area (Å²) in [6.45, 7) is 1.70. The first kappa shape index (κ1) is 17.2. The number of ether oxygens (including phenoxy) is 1. The number of hydrogen-bond acceptors (Lipinski definition) is 5. The summed E-state index contributed by atoms with van der Waals surface area (Å²) in [6, 6.07) is 6.07. The molecule has 0 fully saturated rings. The van der Waals surface area contributed by atoms with Crippen LogP contribution >= 0.6 is 22.9 Å². The molecule has 2 N–H and O–H groups in total. The highest BCUT2D eigenvalue weighted by Crippen LogP contribution is 2.18. The molecule has 23 heavy (non-hydrogen) atoms. The highest BCUT2D eigenvalue weighted by atomic mass is 35.5. The van der Waals surface area contributed by atoms with Crippen LogP contribution in [0.3, 0.4) is 0 Å². The van der Waals surface area contributed by atoms with Crippen LogP contribution in [0.15, 0.2) is 29.6 Å². The van der Waals surface area contributed by atoms with Crippen LogP contribution in [0.4, 0.5) is 0 Å². The standard InChI is InChI=1S/C15H15ClN2O4S/c1-9(15(20)21)17-13(19)6-11-8-23-14(18-11)7-22-12-4-2-10(16)3-5-12/h2-5,8-9H,6-7H2,1H3,(H,17,19)(H,20,21). The number of amides is 1. The Morgan fingerprint density at radius 3 is 2.74 bits per heavy atom. The SMILES string of the molecule is CC(NC(=O)Cc1csc(COc2ccc(Cl)cc2)n1)C(=O)O. The zero-order chi connectivity index (χ0) is 16.8. The fraction of sp³-hybridized carbons (Fsp3) is 0.267. The molecule has 0 saturated heterocycles. The maximum atomic E-state index is 11.7. The van der Waals surface area contributed by atoms with Gasteiger partial charge in [0.05, 0.1) is 12.1 Å². The summed E-state index contributed by atoms with van der Waals surface area (Å²) in [4.78, 5) is 26.7. The van der Waals surface area contributed by atoms with Crippen molar-refractivity contribution in [3.8, 4) is 5.75 Å². The van der Waals surface area contributed by atoms with Crippen molar-refractivity contribution in [3.63, 3.8) is 0 Å². The second kappa shape index (κ2) is 7.94. The number of rotatable bonds is 7. The molecule has 0 radical (unpaired) electrons. The fourth-order valence-corrected chi connectivity index (χ4v) is 2.52. The predicted molar refractivity (Wildman–Crippen MR) is 86.8 cm³/mol. The van der Waals surface area contributed by atoms with E-state index in [0.717, 1.165) is 5.01 Å². The summed E-state index contributed by atoms with van der Waals surface area (Å²) < 4.78 is 5.57. The van der Waals surface area contributed by atoms with Gasteiger partial charge < -0.3 is 15.2 Å². The van der Waals surface area contributed by atoms with E-state index >= 15 is 0 Å². The Morgan fingerprint density at radius 2 is 2.09 bits per heavy atom. The van der Waals surface area contributed by atoms with Crippen LogP contribution in [-0.4, -0.2) is 28.0 Å². The number of aliphatic carboxylic acids is 1. The number of nitrogens with one attached hydrogen (secondary N) is 1. The minimum absolute atomic E-state index is 0.0368. The number of carbonyl (C=O) groups is 2. The molecule has 0 aliphatic carbocycles. The molecule has 1 unspecified atom stereocenters. The van der Waals surface area contributed by atoms with Crippen molar-refractivity contribution in [1.82, 2.24) is 10.3 Å². The second-order valence-corrected chi connectivity index (χ2v) is 6.16. The molecular weight excluding hydrogens is 340 g/mol. The molecule has 1 aromatic carbocycles. The Bertz CT molecular complexity index is 687. The van der Waals surface area contributed by atoms with Gasteiger partial charge in [-0.05, 0) is 31.2 Å². The Hall–Kier alpha value is -2.12. The summed E-state index contributed by atoms with van der Waals surface area (Å²) >= 11 is 7.18. The molecule has 2 rings (SSSR count). The smallest absolute Gasteiger partial charge is 0.325 e. The second-order valence-electron chi connectivity index (χ2n) is 4.78. The van der Waals surface area contributed by atoms with E-state index in [2.05, 4.69) is 10.3 Å². The first-order valence-electron chi connectivity index (χ1n) is 6.78. The Kier molecular flexibility index (Phi) is 5.95. The van der Waals surface area contributed by atoms with E-state index in [9.17, 15) is 9.59 Å². The van der Waals surface area contributed by atoms with E-state index in [1.807, 2.05) is 0 Å². The Balaban J connectivity index is 1.84. The van der Waals surface area contributed by atoms with Crippen LogP contribution in [-0.2, 0) is 22.6 Å². The van der Waals surface area contributed by atoms with Crippen LogP contribution < -0.4 is 10.1 Å². The van der Waals surface area contributed by atoms with Crippen LogP contribution in [0.5, 0.6) is 5.75 Å². The number of carboxylic acid groups (broad SMARTS) is 1. The van der Waals surface area contributed by atoms with Gasteiger partial charge in [-0.2, -0.15) is 0 Å². The molecule has 1 heterocycles. The molecule has 0 aliphatic rings. The monoisotopic (exact) mass is 354 g/mol. The number of nitrogens with zero attached hydrogens (tertiary/aromatic N) is 1. The van der Waals surface area contributed by atoms with Gasteiger partial charge in [0.25, 0.3) is 0 Å². The fourth-order valence-electron chi connectivity index (χ4n) is 1.69. The molecule has 6 nitrogen and oxygen atoms in total. The summed E-state index contributed by atoms with van der Waals surface area (Å²) in [5.74, 6) is -0.775. The zero-order valence-electron chi connectivity index (χ0n) is 12.3. The maximum Gasteiger partial charge on any atom is 0.325 e. The maximum absolute atomic E-state index is 11.7. The normalized spacial score (nSPS) is 11.7. The molecule has 0 saturated carbocycles. The lowest BCUT2D eigenvalue weighted by Crippen LogP contribution is -2.39. The molecule has 0 spiro atoms. The van der Waals surface area contributed by atoms with Crippen molar-refractivity contribution >= 4 is 34.8 Å². The van der Waals surface area contributed by atoms with E-state index < -0.39 is 12.0 Å². The van der Waals surface area contributed by atoms with Crippen molar-refractivity contribution in [3.05, 3.63) is 45.4 Å². The number of carboxylic acids is 1. The average molecular weight is 355 g/mol.